The molecule has 1 aromatic rings. The maximum atomic E-state index is 12.2. The number of unbranched alkanes of at least 4 members (excludes halogenated alkanes) is 13. The summed E-state index contributed by atoms with van der Waals surface area (Å²) in [7, 11) is 0. The minimum atomic E-state index is -0.180. The maximum absolute atomic E-state index is 12.2. The first-order chi connectivity index (χ1) is 17.3. The molecular weight excluding hydrogens is 440 g/mol. The maximum Gasteiger partial charge on any atom is 0.229 e. The Kier molecular flexibility index (Phi) is 18.5. The monoisotopic (exact) mass is 502 g/mol. The van der Waals surface area contributed by atoms with Gasteiger partial charge in [-0.05, 0) is 43.4 Å². The standard InChI is InChI=1S/C34H62O2/c1-6-8-10-12-14-16-18-24-29(23-17-15-13-11-9-7-2)25-19-20-26-30-31(33(36)32(30)35)27-21-22-28-34(3,4)5/h29H,6-28H2,1-5H3. The van der Waals surface area contributed by atoms with Gasteiger partial charge in [0.25, 0.3) is 0 Å². The third kappa shape index (κ3) is 15.4. The first kappa shape index (κ1) is 33.1. The topological polar surface area (TPSA) is 34.1 Å². The van der Waals surface area contributed by atoms with Crippen LogP contribution in [0.5, 0.6) is 0 Å². The Labute approximate surface area is 225 Å². The summed E-state index contributed by atoms with van der Waals surface area (Å²) < 4.78 is 0. The Bertz CT molecular complexity index is 716. The molecule has 1 aromatic carbocycles. The van der Waals surface area contributed by atoms with Gasteiger partial charge >= 0.3 is 0 Å². The minimum absolute atomic E-state index is 0.174. The first-order valence-electron chi connectivity index (χ1n) is 16.1. The first-order valence-corrected chi connectivity index (χ1v) is 16.1. The molecule has 1 unspecified atom stereocenters. The van der Waals surface area contributed by atoms with Crippen LogP contribution in [-0.4, -0.2) is 0 Å². The summed E-state index contributed by atoms with van der Waals surface area (Å²) in [5.41, 5.74) is 1.75. The lowest BCUT2D eigenvalue weighted by Crippen LogP contribution is -2.39. The van der Waals surface area contributed by atoms with Crippen molar-refractivity contribution in [3.8, 4) is 0 Å². The zero-order valence-corrected chi connectivity index (χ0v) is 25.2. The summed E-state index contributed by atoms with van der Waals surface area (Å²) in [6.07, 6.45) is 29.4. The molecule has 0 radical (unpaired) electrons. The average Bonchev–Trinajstić information content (AvgIpc) is 2.84. The Morgan fingerprint density at radius 2 is 0.861 bits per heavy atom. The van der Waals surface area contributed by atoms with Gasteiger partial charge in [0.1, 0.15) is 0 Å². The highest BCUT2D eigenvalue weighted by molar-refractivity contribution is 5.33. The third-order valence-electron chi connectivity index (χ3n) is 8.19. The van der Waals surface area contributed by atoms with E-state index >= 15 is 0 Å². The zero-order valence-electron chi connectivity index (χ0n) is 25.2. The molecule has 0 saturated carbocycles. The van der Waals surface area contributed by atoms with Gasteiger partial charge in [0.2, 0.25) is 10.9 Å². The van der Waals surface area contributed by atoms with Crippen LogP contribution >= 0.6 is 0 Å². The number of hydrogen-bond acceptors (Lipinski definition) is 2. The molecular formula is C34H62O2. The van der Waals surface area contributed by atoms with Crippen molar-refractivity contribution in [3.63, 3.8) is 0 Å². The SMILES string of the molecule is CCCCCCCCCC(CCCCCCCC)CCCCc1c(CCCCC(C)(C)C)c(=O)c1=O. The molecule has 0 amide bonds. The summed E-state index contributed by atoms with van der Waals surface area (Å²) >= 11 is 0. The third-order valence-corrected chi connectivity index (χ3v) is 8.19. The van der Waals surface area contributed by atoms with Gasteiger partial charge in [0, 0.05) is 11.1 Å². The molecule has 1 atom stereocenters. The van der Waals surface area contributed by atoms with Crippen LogP contribution in [0.1, 0.15) is 181 Å². The number of rotatable bonds is 24. The molecule has 0 bridgehead atoms. The van der Waals surface area contributed by atoms with Crippen LogP contribution in [0.3, 0.4) is 0 Å². The Hall–Kier alpha value is -0.920. The van der Waals surface area contributed by atoms with Crippen LogP contribution in [0.4, 0.5) is 0 Å². The van der Waals surface area contributed by atoms with E-state index in [1.165, 1.54) is 116 Å². The summed E-state index contributed by atoms with van der Waals surface area (Å²) in [6.45, 7) is 11.4. The van der Waals surface area contributed by atoms with Crippen molar-refractivity contribution in [1.82, 2.24) is 0 Å². The summed E-state index contributed by atoms with van der Waals surface area (Å²) in [5, 5.41) is 0. The van der Waals surface area contributed by atoms with E-state index in [4.69, 9.17) is 0 Å². The summed E-state index contributed by atoms with van der Waals surface area (Å²) in [6, 6.07) is 0. The van der Waals surface area contributed by atoms with Gasteiger partial charge in [-0.15, -0.1) is 0 Å². The van der Waals surface area contributed by atoms with Gasteiger partial charge in [-0.25, -0.2) is 0 Å². The van der Waals surface area contributed by atoms with Crippen LogP contribution in [0.2, 0.25) is 0 Å². The fourth-order valence-electron chi connectivity index (χ4n) is 5.74. The van der Waals surface area contributed by atoms with Crippen molar-refractivity contribution >= 4 is 0 Å². The molecule has 0 aliphatic rings. The van der Waals surface area contributed by atoms with Crippen molar-refractivity contribution in [2.75, 3.05) is 0 Å². The van der Waals surface area contributed by atoms with Gasteiger partial charge in [0.05, 0.1) is 0 Å². The molecule has 36 heavy (non-hydrogen) atoms. The molecule has 0 fully saturated rings. The molecule has 0 aliphatic carbocycles. The van der Waals surface area contributed by atoms with Crippen molar-refractivity contribution in [1.29, 1.82) is 0 Å². The second-order valence-electron chi connectivity index (χ2n) is 13.0. The molecule has 0 aliphatic heterocycles. The second-order valence-corrected chi connectivity index (χ2v) is 13.0. The molecule has 2 nitrogen and oxygen atoms in total. The predicted molar refractivity (Wildman–Crippen MR) is 160 cm³/mol. The van der Waals surface area contributed by atoms with Crippen molar-refractivity contribution in [2.24, 2.45) is 11.3 Å². The van der Waals surface area contributed by atoms with Crippen molar-refractivity contribution < 1.29 is 0 Å². The molecule has 1 rings (SSSR count). The lowest BCUT2D eigenvalue weighted by atomic mass is 9.86. The van der Waals surface area contributed by atoms with Crippen molar-refractivity contribution in [2.45, 2.75) is 182 Å². The normalized spacial score (nSPS) is 13.0. The highest BCUT2D eigenvalue weighted by Crippen LogP contribution is 2.25. The molecule has 0 saturated heterocycles. The van der Waals surface area contributed by atoms with E-state index in [2.05, 4.69) is 34.6 Å². The van der Waals surface area contributed by atoms with Crippen molar-refractivity contribution in [3.05, 3.63) is 31.6 Å². The molecule has 0 aromatic heterocycles. The number of hydrogen-bond donors (Lipinski definition) is 0. The lowest BCUT2D eigenvalue weighted by molar-refractivity contribution is 0.360. The van der Waals surface area contributed by atoms with Crippen LogP contribution in [-0.2, 0) is 12.8 Å². The van der Waals surface area contributed by atoms with E-state index in [9.17, 15) is 9.59 Å². The van der Waals surface area contributed by atoms with Crippen LogP contribution in [0.25, 0.3) is 0 Å². The quantitative estimate of drug-likeness (QED) is 0.104. The molecule has 0 spiro atoms. The predicted octanol–water partition coefficient (Wildman–Crippen LogP) is 10.3. The fraction of sp³-hybridized carbons (Fsp3) is 0.882. The van der Waals surface area contributed by atoms with Gasteiger partial charge < -0.3 is 0 Å². The van der Waals surface area contributed by atoms with E-state index < -0.39 is 0 Å². The summed E-state index contributed by atoms with van der Waals surface area (Å²) in [5.74, 6) is 0.858. The van der Waals surface area contributed by atoms with E-state index in [1.807, 2.05) is 0 Å². The Balaban J connectivity index is 2.38. The Morgan fingerprint density at radius 3 is 1.28 bits per heavy atom. The Morgan fingerprint density at radius 1 is 0.500 bits per heavy atom. The molecule has 0 N–H and O–H groups in total. The van der Waals surface area contributed by atoms with E-state index in [0.29, 0.717) is 5.41 Å². The zero-order chi connectivity index (χ0) is 26.7. The van der Waals surface area contributed by atoms with Crippen LogP contribution < -0.4 is 10.9 Å². The van der Waals surface area contributed by atoms with Gasteiger partial charge in [-0.1, -0.05) is 150 Å². The molecule has 210 valence electrons. The molecule has 0 heterocycles. The fourth-order valence-corrected chi connectivity index (χ4v) is 5.74. The lowest BCUT2D eigenvalue weighted by Gasteiger charge is -2.18. The second kappa shape index (κ2) is 20.1. The minimum Gasteiger partial charge on any atom is -0.285 e. The summed E-state index contributed by atoms with van der Waals surface area (Å²) in [4.78, 5) is 24.3. The molecule has 2 heteroatoms. The van der Waals surface area contributed by atoms with Gasteiger partial charge in [0.15, 0.2) is 0 Å². The van der Waals surface area contributed by atoms with E-state index in [-0.39, 0.29) is 10.9 Å². The van der Waals surface area contributed by atoms with Gasteiger partial charge in [-0.2, -0.15) is 0 Å². The van der Waals surface area contributed by atoms with Crippen LogP contribution in [0, 0.1) is 11.3 Å². The average molecular weight is 503 g/mol. The smallest absolute Gasteiger partial charge is 0.229 e. The van der Waals surface area contributed by atoms with Gasteiger partial charge in [-0.3, -0.25) is 9.59 Å². The highest BCUT2D eigenvalue weighted by atomic mass is 16.2. The van der Waals surface area contributed by atoms with E-state index in [1.54, 1.807) is 0 Å². The van der Waals surface area contributed by atoms with Crippen LogP contribution in [0.15, 0.2) is 9.59 Å². The van der Waals surface area contributed by atoms with E-state index in [0.717, 1.165) is 49.1 Å². The highest BCUT2D eigenvalue weighted by Gasteiger charge is 2.20. The largest absolute Gasteiger partial charge is 0.285 e.